The summed E-state index contributed by atoms with van der Waals surface area (Å²) in [5.74, 6) is 0.599. The molecule has 4 rings (SSSR count). The highest BCUT2D eigenvalue weighted by atomic mass is 35.5. The van der Waals surface area contributed by atoms with Gasteiger partial charge in [-0.3, -0.25) is 0 Å². The minimum absolute atomic E-state index is 0.397. The average molecular weight is 408 g/mol. The lowest BCUT2D eigenvalue weighted by atomic mass is 9.87. The molecule has 3 heterocycles. The van der Waals surface area contributed by atoms with Crippen LogP contribution < -0.4 is 10.2 Å². The minimum atomic E-state index is -0.523. The Kier molecular flexibility index (Phi) is 5.10. The molecular formula is C19H20Cl2FN5. The molecule has 3 aromatic rings. The number of halogens is 3. The van der Waals surface area contributed by atoms with Gasteiger partial charge in [0.1, 0.15) is 0 Å². The van der Waals surface area contributed by atoms with E-state index in [9.17, 15) is 4.39 Å². The predicted octanol–water partition coefficient (Wildman–Crippen LogP) is 5.22. The molecule has 1 aromatic carbocycles. The van der Waals surface area contributed by atoms with Crippen molar-refractivity contribution in [2.45, 2.75) is 25.2 Å². The van der Waals surface area contributed by atoms with Crippen LogP contribution in [0.25, 0.3) is 11.2 Å². The number of hydrogen-bond donors (Lipinski definition) is 2. The van der Waals surface area contributed by atoms with E-state index in [1.165, 1.54) is 11.6 Å². The highest BCUT2D eigenvalue weighted by molar-refractivity contribution is 6.36. The molecule has 1 aliphatic heterocycles. The first-order chi connectivity index (χ1) is 13.0. The Hall–Kier alpha value is -2.05. The molecule has 2 aromatic heterocycles. The SMILES string of the molecule is CN(CCC[C@@H]1CCNc2c(Cl)cc(Cl)cc21)c1nc2nc(F)ccc2[nH]1. The number of nitrogens with one attached hydrogen (secondary N) is 2. The van der Waals surface area contributed by atoms with Crippen LogP contribution in [0.4, 0.5) is 16.0 Å². The lowest BCUT2D eigenvalue weighted by Gasteiger charge is -2.28. The summed E-state index contributed by atoms with van der Waals surface area (Å²) in [5.41, 5.74) is 3.34. The van der Waals surface area contributed by atoms with Gasteiger partial charge >= 0.3 is 0 Å². The van der Waals surface area contributed by atoms with Crippen molar-refractivity contribution >= 4 is 46.0 Å². The lowest BCUT2D eigenvalue weighted by Crippen LogP contribution is -2.22. The summed E-state index contributed by atoms with van der Waals surface area (Å²) in [6.45, 7) is 1.74. The van der Waals surface area contributed by atoms with Gasteiger partial charge in [0, 0.05) is 25.2 Å². The largest absolute Gasteiger partial charge is 0.384 e. The third-order valence-electron chi connectivity index (χ3n) is 5.03. The Balaban J connectivity index is 1.41. The van der Waals surface area contributed by atoms with Gasteiger partial charge < -0.3 is 15.2 Å². The van der Waals surface area contributed by atoms with Gasteiger partial charge in [-0.1, -0.05) is 23.2 Å². The van der Waals surface area contributed by atoms with Crippen molar-refractivity contribution in [2.75, 3.05) is 30.4 Å². The number of anilines is 2. The minimum Gasteiger partial charge on any atom is -0.384 e. The predicted molar refractivity (Wildman–Crippen MR) is 109 cm³/mol. The van der Waals surface area contributed by atoms with Gasteiger partial charge in [-0.15, -0.1) is 0 Å². The Morgan fingerprint density at radius 3 is 2.96 bits per heavy atom. The summed E-state index contributed by atoms with van der Waals surface area (Å²) < 4.78 is 13.2. The molecule has 0 bridgehead atoms. The summed E-state index contributed by atoms with van der Waals surface area (Å²) >= 11 is 12.5. The molecular weight excluding hydrogens is 388 g/mol. The number of imidazole rings is 1. The van der Waals surface area contributed by atoms with Gasteiger partial charge in [0.2, 0.25) is 11.9 Å². The maximum Gasteiger partial charge on any atom is 0.215 e. The van der Waals surface area contributed by atoms with E-state index in [0.717, 1.165) is 43.6 Å². The number of rotatable bonds is 5. The molecule has 142 valence electrons. The van der Waals surface area contributed by atoms with Crippen molar-refractivity contribution in [3.8, 4) is 0 Å². The van der Waals surface area contributed by atoms with E-state index in [2.05, 4.69) is 20.3 Å². The lowest BCUT2D eigenvalue weighted by molar-refractivity contribution is 0.553. The zero-order valence-corrected chi connectivity index (χ0v) is 16.4. The number of aromatic nitrogens is 3. The molecule has 0 aliphatic carbocycles. The fourth-order valence-corrected chi connectivity index (χ4v) is 4.22. The van der Waals surface area contributed by atoms with Crippen LogP contribution in [0.3, 0.4) is 0 Å². The Morgan fingerprint density at radius 2 is 2.11 bits per heavy atom. The van der Waals surface area contributed by atoms with Gasteiger partial charge in [0.15, 0.2) is 5.65 Å². The maximum atomic E-state index is 13.2. The summed E-state index contributed by atoms with van der Waals surface area (Å²) in [5, 5.41) is 4.73. The van der Waals surface area contributed by atoms with Crippen LogP contribution in [-0.2, 0) is 0 Å². The number of nitrogens with zero attached hydrogens (tertiary/aromatic N) is 3. The van der Waals surface area contributed by atoms with Gasteiger partial charge in [-0.05, 0) is 55.0 Å². The third kappa shape index (κ3) is 3.82. The Morgan fingerprint density at radius 1 is 1.26 bits per heavy atom. The number of pyridine rings is 1. The van der Waals surface area contributed by atoms with Crippen molar-refractivity contribution in [1.82, 2.24) is 15.0 Å². The van der Waals surface area contributed by atoms with Crippen LogP contribution in [-0.4, -0.2) is 35.1 Å². The molecule has 0 saturated carbocycles. The fraction of sp³-hybridized carbons (Fsp3) is 0.368. The molecule has 2 N–H and O–H groups in total. The van der Waals surface area contributed by atoms with Gasteiger partial charge in [-0.25, -0.2) is 0 Å². The second-order valence-corrected chi connectivity index (χ2v) is 7.74. The quantitative estimate of drug-likeness (QED) is 0.569. The Bertz CT molecular complexity index is 974. The van der Waals surface area contributed by atoms with Gasteiger partial charge in [0.05, 0.1) is 16.2 Å². The molecule has 1 aliphatic rings. The Labute approximate surface area is 166 Å². The number of hydrogen-bond acceptors (Lipinski definition) is 4. The first kappa shape index (κ1) is 18.3. The topological polar surface area (TPSA) is 56.8 Å². The zero-order valence-electron chi connectivity index (χ0n) is 14.9. The van der Waals surface area contributed by atoms with E-state index in [-0.39, 0.29) is 0 Å². The monoisotopic (exact) mass is 407 g/mol. The van der Waals surface area contributed by atoms with Crippen molar-refractivity contribution in [1.29, 1.82) is 0 Å². The summed E-state index contributed by atoms with van der Waals surface area (Å²) in [6, 6.07) is 6.78. The first-order valence-electron chi connectivity index (χ1n) is 8.97. The molecule has 5 nitrogen and oxygen atoms in total. The highest BCUT2D eigenvalue weighted by Crippen LogP contribution is 2.40. The molecule has 27 heavy (non-hydrogen) atoms. The van der Waals surface area contributed by atoms with Crippen molar-refractivity contribution in [3.05, 3.63) is 45.8 Å². The highest BCUT2D eigenvalue weighted by Gasteiger charge is 2.22. The summed E-state index contributed by atoms with van der Waals surface area (Å²) in [7, 11) is 1.97. The smallest absolute Gasteiger partial charge is 0.215 e. The van der Waals surface area contributed by atoms with Crippen molar-refractivity contribution in [2.24, 2.45) is 0 Å². The first-order valence-corrected chi connectivity index (χ1v) is 9.73. The average Bonchev–Trinajstić information content (AvgIpc) is 3.05. The molecule has 0 unspecified atom stereocenters. The molecule has 0 amide bonds. The number of aromatic amines is 1. The summed E-state index contributed by atoms with van der Waals surface area (Å²) in [6.07, 6.45) is 3.08. The van der Waals surface area contributed by atoms with E-state index >= 15 is 0 Å². The number of fused-ring (bicyclic) bond motifs is 2. The van der Waals surface area contributed by atoms with Crippen LogP contribution in [0.15, 0.2) is 24.3 Å². The second-order valence-electron chi connectivity index (χ2n) is 6.89. The standard InChI is InChI=1S/C19H20Cl2FN5/c1-27(19-24-15-4-5-16(22)25-18(15)26-19)8-2-3-11-6-7-23-17-13(11)9-12(20)10-14(17)21/h4-5,9-11,23H,2-3,6-8H2,1H3,(H,24,25,26)/t11-/m1/s1. The summed E-state index contributed by atoms with van der Waals surface area (Å²) in [4.78, 5) is 13.4. The number of benzene rings is 1. The normalized spacial score (nSPS) is 16.2. The fourth-order valence-electron chi connectivity index (χ4n) is 3.65. The second kappa shape index (κ2) is 7.52. The van der Waals surface area contributed by atoms with Crippen LogP contribution in [0.2, 0.25) is 10.0 Å². The third-order valence-corrected chi connectivity index (χ3v) is 5.54. The molecule has 0 fully saturated rings. The van der Waals surface area contributed by atoms with Gasteiger partial charge in [-0.2, -0.15) is 14.4 Å². The van der Waals surface area contributed by atoms with E-state index in [1.54, 1.807) is 12.1 Å². The van der Waals surface area contributed by atoms with E-state index < -0.39 is 5.95 Å². The van der Waals surface area contributed by atoms with E-state index in [1.807, 2.05) is 18.0 Å². The molecule has 8 heteroatoms. The van der Waals surface area contributed by atoms with Crippen LogP contribution in [0, 0.1) is 5.95 Å². The van der Waals surface area contributed by atoms with E-state index in [4.69, 9.17) is 23.2 Å². The molecule has 0 spiro atoms. The van der Waals surface area contributed by atoms with Crippen molar-refractivity contribution < 1.29 is 4.39 Å². The van der Waals surface area contributed by atoms with Crippen LogP contribution >= 0.6 is 23.2 Å². The molecule has 0 saturated heterocycles. The van der Waals surface area contributed by atoms with Gasteiger partial charge in [0.25, 0.3) is 0 Å². The van der Waals surface area contributed by atoms with Crippen LogP contribution in [0.5, 0.6) is 0 Å². The number of H-pyrrole nitrogens is 1. The van der Waals surface area contributed by atoms with E-state index in [0.29, 0.717) is 27.6 Å². The molecule has 0 radical (unpaired) electrons. The zero-order chi connectivity index (χ0) is 19.0. The van der Waals surface area contributed by atoms with Crippen molar-refractivity contribution in [3.63, 3.8) is 0 Å². The van der Waals surface area contributed by atoms with Crippen LogP contribution in [0.1, 0.15) is 30.7 Å². The molecule has 1 atom stereocenters. The maximum absolute atomic E-state index is 13.2.